The molecule has 23 heavy (non-hydrogen) atoms. The zero-order chi connectivity index (χ0) is 16.1. The van der Waals surface area contributed by atoms with Gasteiger partial charge >= 0.3 is 0 Å². The van der Waals surface area contributed by atoms with Crippen LogP contribution in [0.15, 0.2) is 24.3 Å². The van der Waals surface area contributed by atoms with E-state index in [1.165, 1.54) is 11.1 Å². The predicted molar refractivity (Wildman–Crippen MR) is 88.0 cm³/mol. The molecule has 0 radical (unpaired) electrons. The summed E-state index contributed by atoms with van der Waals surface area (Å²) in [5.41, 5.74) is 2.75. The number of benzene rings is 1. The van der Waals surface area contributed by atoms with E-state index in [2.05, 4.69) is 34.5 Å². The Labute approximate surface area is 137 Å². The lowest BCUT2D eigenvalue weighted by atomic mass is 9.99. The summed E-state index contributed by atoms with van der Waals surface area (Å²) in [6.45, 7) is 3.99. The van der Waals surface area contributed by atoms with Gasteiger partial charge in [-0.15, -0.1) is 0 Å². The number of aliphatic hydroxyl groups is 1. The van der Waals surface area contributed by atoms with Crippen LogP contribution in [0.5, 0.6) is 0 Å². The highest BCUT2D eigenvalue weighted by atomic mass is 16.5. The van der Waals surface area contributed by atoms with Crippen molar-refractivity contribution in [3.63, 3.8) is 0 Å². The van der Waals surface area contributed by atoms with Gasteiger partial charge in [-0.25, -0.2) is 0 Å². The van der Waals surface area contributed by atoms with E-state index >= 15 is 0 Å². The number of nitrogens with one attached hydrogen (secondary N) is 1. The molecule has 0 aromatic heterocycles. The van der Waals surface area contributed by atoms with E-state index in [4.69, 9.17) is 4.74 Å². The van der Waals surface area contributed by atoms with E-state index in [0.717, 1.165) is 39.0 Å². The van der Waals surface area contributed by atoms with Crippen LogP contribution in [-0.2, 0) is 22.5 Å². The number of fused-ring (bicyclic) bond motifs is 1. The molecule has 2 heterocycles. The first-order valence-corrected chi connectivity index (χ1v) is 8.55. The quantitative estimate of drug-likeness (QED) is 0.848. The van der Waals surface area contributed by atoms with Crippen LogP contribution >= 0.6 is 0 Å². The molecule has 2 N–H and O–H groups in total. The normalized spacial score (nSPS) is 23.1. The van der Waals surface area contributed by atoms with Gasteiger partial charge in [-0.05, 0) is 30.4 Å². The lowest BCUT2D eigenvalue weighted by molar-refractivity contribution is -0.129. The number of aliphatic hydroxyl groups excluding tert-OH is 1. The van der Waals surface area contributed by atoms with Crippen molar-refractivity contribution in [3.05, 3.63) is 35.4 Å². The molecule has 0 bridgehead atoms. The standard InChI is InChI=1S/C18H26N2O3/c21-17(10-19-18(22)16-6-3-9-23-13-16)12-20-8-7-14-4-1-2-5-15(14)11-20/h1-2,4-5,16-17,21H,3,6-13H2,(H,19,22). The van der Waals surface area contributed by atoms with Gasteiger partial charge in [-0.3, -0.25) is 9.69 Å². The highest BCUT2D eigenvalue weighted by molar-refractivity contribution is 5.78. The Hall–Kier alpha value is -1.43. The van der Waals surface area contributed by atoms with Crippen molar-refractivity contribution < 1.29 is 14.6 Å². The Kier molecular flexibility index (Phi) is 5.65. The van der Waals surface area contributed by atoms with Gasteiger partial charge in [0.25, 0.3) is 0 Å². The van der Waals surface area contributed by atoms with Gasteiger partial charge in [0.15, 0.2) is 0 Å². The number of carbonyl (C=O) groups is 1. The van der Waals surface area contributed by atoms with Crippen LogP contribution in [0.2, 0.25) is 0 Å². The maximum atomic E-state index is 12.0. The van der Waals surface area contributed by atoms with E-state index in [9.17, 15) is 9.90 Å². The molecule has 1 fully saturated rings. The number of hydrogen-bond donors (Lipinski definition) is 2. The molecule has 3 rings (SSSR count). The van der Waals surface area contributed by atoms with Crippen LogP contribution in [0.25, 0.3) is 0 Å². The summed E-state index contributed by atoms with van der Waals surface area (Å²) in [4.78, 5) is 14.3. The zero-order valence-corrected chi connectivity index (χ0v) is 13.5. The van der Waals surface area contributed by atoms with E-state index in [-0.39, 0.29) is 11.8 Å². The second-order valence-electron chi connectivity index (χ2n) is 6.57. The third-order valence-electron chi connectivity index (χ3n) is 4.72. The zero-order valence-electron chi connectivity index (χ0n) is 13.5. The van der Waals surface area contributed by atoms with Crippen LogP contribution in [0.1, 0.15) is 24.0 Å². The first-order chi connectivity index (χ1) is 11.2. The van der Waals surface area contributed by atoms with Crippen LogP contribution < -0.4 is 5.32 Å². The average molecular weight is 318 g/mol. The molecule has 2 aliphatic rings. The van der Waals surface area contributed by atoms with Gasteiger partial charge < -0.3 is 15.2 Å². The fourth-order valence-electron chi connectivity index (χ4n) is 3.38. The summed E-state index contributed by atoms with van der Waals surface area (Å²) in [6.07, 6.45) is 2.31. The number of nitrogens with zero attached hydrogens (tertiary/aromatic N) is 1. The van der Waals surface area contributed by atoms with Gasteiger partial charge in [-0.2, -0.15) is 0 Å². The van der Waals surface area contributed by atoms with Gasteiger partial charge in [0, 0.05) is 32.8 Å². The Morgan fingerprint density at radius 3 is 3.00 bits per heavy atom. The SMILES string of the molecule is O=C(NCC(O)CN1CCc2ccccc2C1)C1CCCOC1. The summed E-state index contributed by atoms with van der Waals surface area (Å²) in [6, 6.07) is 8.47. The molecule has 5 nitrogen and oxygen atoms in total. The average Bonchev–Trinajstić information content (AvgIpc) is 2.60. The molecule has 0 spiro atoms. The second-order valence-corrected chi connectivity index (χ2v) is 6.57. The predicted octanol–water partition coefficient (Wildman–Crippen LogP) is 0.948. The topological polar surface area (TPSA) is 61.8 Å². The number of rotatable bonds is 5. The van der Waals surface area contributed by atoms with Gasteiger partial charge in [0.1, 0.15) is 0 Å². The molecule has 1 aromatic carbocycles. The summed E-state index contributed by atoms with van der Waals surface area (Å²) in [7, 11) is 0. The van der Waals surface area contributed by atoms with Gasteiger partial charge in [-0.1, -0.05) is 24.3 Å². The molecule has 2 aliphatic heterocycles. The molecular weight excluding hydrogens is 292 g/mol. The Morgan fingerprint density at radius 2 is 2.22 bits per heavy atom. The molecule has 0 aliphatic carbocycles. The van der Waals surface area contributed by atoms with Crippen molar-refractivity contribution in [1.82, 2.24) is 10.2 Å². The number of carbonyl (C=O) groups excluding carboxylic acids is 1. The molecule has 1 amide bonds. The number of ether oxygens (including phenoxy) is 1. The largest absolute Gasteiger partial charge is 0.390 e. The lowest BCUT2D eigenvalue weighted by Crippen LogP contribution is -2.44. The van der Waals surface area contributed by atoms with Crippen LogP contribution in [0.3, 0.4) is 0 Å². The summed E-state index contributed by atoms with van der Waals surface area (Å²) < 4.78 is 5.33. The molecular formula is C18H26N2O3. The number of hydrogen-bond acceptors (Lipinski definition) is 4. The molecule has 0 saturated carbocycles. The first-order valence-electron chi connectivity index (χ1n) is 8.55. The van der Waals surface area contributed by atoms with Crippen LogP contribution in [-0.4, -0.2) is 54.9 Å². The van der Waals surface area contributed by atoms with Crippen molar-refractivity contribution in [2.75, 3.05) is 32.8 Å². The number of β-amino-alcohol motifs (C(OH)–C–C–N with tert-alkyl or cyclic N) is 1. The summed E-state index contributed by atoms with van der Waals surface area (Å²) in [5.74, 6) is -0.0504. The highest BCUT2D eigenvalue weighted by Gasteiger charge is 2.23. The molecule has 2 atom stereocenters. The smallest absolute Gasteiger partial charge is 0.225 e. The van der Waals surface area contributed by atoms with Crippen molar-refractivity contribution in [2.24, 2.45) is 5.92 Å². The van der Waals surface area contributed by atoms with E-state index in [1.54, 1.807) is 0 Å². The molecule has 1 saturated heterocycles. The monoisotopic (exact) mass is 318 g/mol. The molecule has 1 aromatic rings. The maximum Gasteiger partial charge on any atom is 0.225 e. The minimum absolute atomic E-state index is 0.00717. The second kappa shape index (κ2) is 7.90. The van der Waals surface area contributed by atoms with Crippen molar-refractivity contribution in [1.29, 1.82) is 0 Å². The molecule has 5 heteroatoms. The summed E-state index contributed by atoms with van der Waals surface area (Å²) >= 11 is 0. The highest BCUT2D eigenvalue weighted by Crippen LogP contribution is 2.18. The Bertz CT molecular complexity index is 529. The van der Waals surface area contributed by atoms with E-state index < -0.39 is 6.10 Å². The molecule has 126 valence electrons. The minimum atomic E-state index is -0.534. The van der Waals surface area contributed by atoms with Crippen LogP contribution in [0, 0.1) is 5.92 Å². The van der Waals surface area contributed by atoms with E-state index in [0.29, 0.717) is 19.7 Å². The maximum absolute atomic E-state index is 12.0. The fourth-order valence-corrected chi connectivity index (χ4v) is 3.38. The van der Waals surface area contributed by atoms with Crippen LogP contribution in [0.4, 0.5) is 0 Å². The van der Waals surface area contributed by atoms with Crippen molar-refractivity contribution >= 4 is 5.91 Å². The third kappa shape index (κ3) is 4.53. The summed E-state index contributed by atoms with van der Waals surface area (Å²) in [5, 5.41) is 13.1. The Morgan fingerprint density at radius 1 is 1.39 bits per heavy atom. The minimum Gasteiger partial charge on any atom is -0.390 e. The first kappa shape index (κ1) is 16.4. The van der Waals surface area contributed by atoms with Crippen molar-refractivity contribution in [3.8, 4) is 0 Å². The van der Waals surface area contributed by atoms with E-state index in [1.807, 2.05) is 0 Å². The number of amides is 1. The van der Waals surface area contributed by atoms with Crippen molar-refractivity contribution in [2.45, 2.75) is 31.9 Å². The van der Waals surface area contributed by atoms with Gasteiger partial charge in [0.2, 0.25) is 5.91 Å². The third-order valence-corrected chi connectivity index (χ3v) is 4.72. The lowest BCUT2D eigenvalue weighted by Gasteiger charge is -2.30. The fraction of sp³-hybridized carbons (Fsp3) is 0.611. The Balaban J connectivity index is 1.41. The van der Waals surface area contributed by atoms with Gasteiger partial charge in [0.05, 0.1) is 18.6 Å². The molecule has 2 unspecified atom stereocenters.